The first-order chi connectivity index (χ1) is 11.1. The molecular formula is C18H23N3O2. The number of nitrogens with two attached hydrogens (primary N) is 1. The summed E-state index contributed by atoms with van der Waals surface area (Å²) in [7, 11) is 0. The molecule has 23 heavy (non-hydrogen) atoms. The SMILES string of the molecule is CC(C)CC(CN)NC(=O)c1ccc(Oc2cccnc2)cc1. The van der Waals surface area contributed by atoms with Crippen molar-refractivity contribution in [1.29, 1.82) is 0 Å². The average molecular weight is 313 g/mol. The summed E-state index contributed by atoms with van der Waals surface area (Å²) in [5.74, 6) is 1.69. The van der Waals surface area contributed by atoms with Crippen molar-refractivity contribution in [3.05, 3.63) is 54.4 Å². The largest absolute Gasteiger partial charge is 0.456 e. The van der Waals surface area contributed by atoms with Crippen molar-refractivity contribution in [2.24, 2.45) is 11.7 Å². The van der Waals surface area contributed by atoms with Gasteiger partial charge in [-0.3, -0.25) is 9.78 Å². The predicted octanol–water partition coefficient (Wildman–Crippen LogP) is 2.98. The van der Waals surface area contributed by atoms with Gasteiger partial charge < -0.3 is 15.8 Å². The van der Waals surface area contributed by atoms with Gasteiger partial charge in [0.25, 0.3) is 5.91 Å². The lowest BCUT2D eigenvalue weighted by atomic mass is 10.0. The molecule has 0 saturated heterocycles. The molecule has 3 N–H and O–H groups in total. The maximum absolute atomic E-state index is 12.2. The minimum atomic E-state index is -0.117. The van der Waals surface area contributed by atoms with Gasteiger partial charge in [-0.1, -0.05) is 13.8 Å². The molecule has 0 bridgehead atoms. The van der Waals surface area contributed by atoms with Gasteiger partial charge in [0.15, 0.2) is 0 Å². The fraction of sp³-hybridized carbons (Fsp3) is 0.333. The highest BCUT2D eigenvalue weighted by Gasteiger charge is 2.13. The molecule has 1 unspecified atom stereocenters. The van der Waals surface area contributed by atoms with Crippen LogP contribution in [0.15, 0.2) is 48.8 Å². The molecule has 1 amide bonds. The number of rotatable bonds is 7. The van der Waals surface area contributed by atoms with Crippen LogP contribution in [-0.4, -0.2) is 23.5 Å². The second kappa shape index (κ2) is 8.29. The van der Waals surface area contributed by atoms with Gasteiger partial charge in [0.05, 0.1) is 6.20 Å². The minimum absolute atomic E-state index is 0.00572. The van der Waals surface area contributed by atoms with Crippen molar-refractivity contribution in [2.45, 2.75) is 26.3 Å². The number of hydrogen-bond acceptors (Lipinski definition) is 4. The van der Waals surface area contributed by atoms with E-state index in [0.717, 1.165) is 6.42 Å². The Morgan fingerprint density at radius 3 is 2.52 bits per heavy atom. The fourth-order valence-electron chi connectivity index (χ4n) is 2.27. The Morgan fingerprint density at radius 2 is 1.96 bits per heavy atom. The molecule has 122 valence electrons. The van der Waals surface area contributed by atoms with Crippen molar-refractivity contribution >= 4 is 5.91 Å². The zero-order valence-electron chi connectivity index (χ0n) is 13.5. The molecule has 0 aliphatic carbocycles. The molecule has 0 aliphatic rings. The molecular weight excluding hydrogens is 290 g/mol. The highest BCUT2D eigenvalue weighted by molar-refractivity contribution is 5.94. The molecule has 0 spiro atoms. The van der Waals surface area contributed by atoms with E-state index in [2.05, 4.69) is 24.1 Å². The van der Waals surface area contributed by atoms with E-state index in [0.29, 0.717) is 29.5 Å². The van der Waals surface area contributed by atoms with Gasteiger partial charge in [0.1, 0.15) is 11.5 Å². The van der Waals surface area contributed by atoms with Gasteiger partial charge in [-0.05, 0) is 48.7 Å². The quantitative estimate of drug-likeness (QED) is 0.824. The van der Waals surface area contributed by atoms with Gasteiger partial charge >= 0.3 is 0 Å². The number of nitrogens with zero attached hydrogens (tertiary/aromatic N) is 1. The third-order valence-electron chi connectivity index (χ3n) is 3.36. The number of nitrogens with one attached hydrogen (secondary N) is 1. The van der Waals surface area contributed by atoms with Gasteiger partial charge in [-0.15, -0.1) is 0 Å². The monoisotopic (exact) mass is 313 g/mol. The van der Waals surface area contributed by atoms with Crippen LogP contribution in [0.4, 0.5) is 0 Å². The maximum Gasteiger partial charge on any atom is 0.251 e. The van der Waals surface area contributed by atoms with E-state index in [-0.39, 0.29) is 11.9 Å². The van der Waals surface area contributed by atoms with E-state index in [1.54, 1.807) is 42.7 Å². The molecule has 2 aromatic rings. The van der Waals surface area contributed by atoms with Crippen LogP contribution in [0.3, 0.4) is 0 Å². The maximum atomic E-state index is 12.2. The van der Waals surface area contributed by atoms with Gasteiger partial charge in [-0.2, -0.15) is 0 Å². The van der Waals surface area contributed by atoms with Crippen molar-refractivity contribution < 1.29 is 9.53 Å². The number of amides is 1. The molecule has 1 aromatic heterocycles. The van der Waals surface area contributed by atoms with Gasteiger partial charge in [0.2, 0.25) is 0 Å². The van der Waals surface area contributed by atoms with E-state index in [9.17, 15) is 4.79 Å². The zero-order valence-corrected chi connectivity index (χ0v) is 13.5. The summed E-state index contributed by atoms with van der Waals surface area (Å²) >= 11 is 0. The Labute approximate surface area is 136 Å². The van der Waals surface area contributed by atoms with Crippen LogP contribution < -0.4 is 15.8 Å². The lowest BCUT2D eigenvalue weighted by molar-refractivity contribution is 0.0934. The number of carbonyl (C=O) groups is 1. The van der Waals surface area contributed by atoms with Crippen LogP contribution >= 0.6 is 0 Å². The number of aromatic nitrogens is 1. The van der Waals surface area contributed by atoms with E-state index in [1.165, 1.54) is 0 Å². The predicted molar refractivity (Wildman–Crippen MR) is 90.5 cm³/mol. The third kappa shape index (κ3) is 5.38. The number of carbonyl (C=O) groups excluding carboxylic acids is 1. The summed E-state index contributed by atoms with van der Waals surface area (Å²) < 4.78 is 5.65. The topological polar surface area (TPSA) is 77.2 Å². The molecule has 2 rings (SSSR count). The number of pyridine rings is 1. The van der Waals surface area contributed by atoms with E-state index >= 15 is 0 Å². The van der Waals surface area contributed by atoms with E-state index in [4.69, 9.17) is 10.5 Å². The summed E-state index contributed by atoms with van der Waals surface area (Å²) in [5, 5.41) is 2.97. The third-order valence-corrected chi connectivity index (χ3v) is 3.36. The Kier molecular flexibility index (Phi) is 6.11. The molecule has 0 aliphatic heterocycles. The molecule has 0 radical (unpaired) electrons. The molecule has 5 nitrogen and oxygen atoms in total. The van der Waals surface area contributed by atoms with Crippen molar-refractivity contribution in [1.82, 2.24) is 10.3 Å². The standard InChI is InChI=1S/C18H23N3O2/c1-13(2)10-15(11-19)21-18(22)14-5-7-16(8-6-14)23-17-4-3-9-20-12-17/h3-9,12-13,15H,10-11,19H2,1-2H3,(H,21,22). The Morgan fingerprint density at radius 1 is 1.22 bits per heavy atom. The molecule has 5 heteroatoms. The highest BCUT2D eigenvalue weighted by atomic mass is 16.5. The van der Waals surface area contributed by atoms with Gasteiger partial charge in [0, 0.05) is 24.3 Å². The summed E-state index contributed by atoms with van der Waals surface area (Å²) in [6, 6.07) is 10.6. The number of benzene rings is 1. The molecule has 0 saturated carbocycles. The highest BCUT2D eigenvalue weighted by Crippen LogP contribution is 2.20. The van der Waals surface area contributed by atoms with E-state index < -0.39 is 0 Å². The number of hydrogen-bond donors (Lipinski definition) is 2. The van der Waals surface area contributed by atoms with Crippen LogP contribution in [-0.2, 0) is 0 Å². The minimum Gasteiger partial charge on any atom is -0.456 e. The average Bonchev–Trinajstić information content (AvgIpc) is 2.55. The Balaban J connectivity index is 1.97. The fourth-order valence-corrected chi connectivity index (χ4v) is 2.27. The van der Waals surface area contributed by atoms with Gasteiger partial charge in [-0.25, -0.2) is 0 Å². The summed E-state index contributed by atoms with van der Waals surface area (Å²) in [5.41, 5.74) is 6.31. The normalized spacial score (nSPS) is 12.0. The first-order valence-corrected chi connectivity index (χ1v) is 7.77. The lowest BCUT2D eigenvalue weighted by Gasteiger charge is -2.18. The second-order valence-electron chi connectivity index (χ2n) is 5.85. The molecule has 0 fully saturated rings. The van der Waals surface area contributed by atoms with Crippen LogP contribution in [0, 0.1) is 5.92 Å². The Hall–Kier alpha value is -2.40. The molecule has 1 atom stereocenters. The Bertz CT molecular complexity index is 612. The zero-order chi connectivity index (χ0) is 16.7. The van der Waals surface area contributed by atoms with E-state index in [1.807, 2.05) is 6.07 Å². The van der Waals surface area contributed by atoms with Crippen LogP contribution in [0.2, 0.25) is 0 Å². The summed E-state index contributed by atoms with van der Waals surface area (Å²) in [4.78, 5) is 16.2. The second-order valence-corrected chi connectivity index (χ2v) is 5.85. The van der Waals surface area contributed by atoms with Crippen LogP contribution in [0.5, 0.6) is 11.5 Å². The molecule has 1 heterocycles. The van der Waals surface area contributed by atoms with Crippen molar-refractivity contribution in [2.75, 3.05) is 6.54 Å². The van der Waals surface area contributed by atoms with Crippen LogP contribution in [0.25, 0.3) is 0 Å². The first kappa shape index (κ1) is 17.0. The summed E-state index contributed by atoms with van der Waals surface area (Å²) in [6.45, 7) is 4.66. The van der Waals surface area contributed by atoms with Crippen LogP contribution in [0.1, 0.15) is 30.6 Å². The smallest absolute Gasteiger partial charge is 0.251 e. The van der Waals surface area contributed by atoms with Crippen molar-refractivity contribution in [3.63, 3.8) is 0 Å². The van der Waals surface area contributed by atoms with Crippen molar-refractivity contribution in [3.8, 4) is 11.5 Å². The first-order valence-electron chi connectivity index (χ1n) is 7.77. The molecule has 1 aromatic carbocycles. The summed E-state index contributed by atoms with van der Waals surface area (Å²) in [6.07, 6.45) is 4.19. The lowest BCUT2D eigenvalue weighted by Crippen LogP contribution is -2.41. The number of ether oxygens (including phenoxy) is 1.